The fourth-order valence-electron chi connectivity index (χ4n) is 1.42. The van der Waals surface area contributed by atoms with E-state index in [2.05, 4.69) is 21.5 Å². The SMILES string of the molecule is NNc1nc(-c2nc3ccccc3s2)cs1. The summed E-state index contributed by atoms with van der Waals surface area (Å²) in [5.74, 6) is 5.30. The minimum Gasteiger partial charge on any atom is -0.300 e. The Morgan fingerprint density at radius 1 is 1.19 bits per heavy atom. The lowest BCUT2D eigenvalue weighted by molar-refractivity contribution is 1.28. The Morgan fingerprint density at radius 3 is 2.81 bits per heavy atom. The zero-order valence-electron chi connectivity index (χ0n) is 8.18. The molecule has 0 atom stereocenters. The number of benzene rings is 1. The summed E-state index contributed by atoms with van der Waals surface area (Å²) in [7, 11) is 0. The quantitative estimate of drug-likeness (QED) is 0.540. The van der Waals surface area contributed by atoms with Gasteiger partial charge in [0.05, 0.1) is 10.2 Å². The van der Waals surface area contributed by atoms with Crippen LogP contribution in [-0.4, -0.2) is 9.97 Å². The Bertz CT molecular complexity index is 595. The van der Waals surface area contributed by atoms with Gasteiger partial charge in [-0.15, -0.1) is 22.7 Å². The van der Waals surface area contributed by atoms with Gasteiger partial charge in [0.1, 0.15) is 10.7 Å². The normalized spacial score (nSPS) is 10.8. The molecule has 16 heavy (non-hydrogen) atoms. The van der Waals surface area contributed by atoms with Crippen molar-refractivity contribution < 1.29 is 0 Å². The van der Waals surface area contributed by atoms with Crippen LogP contribution >= 0.6 is 22.7 Å². The minimum atomic E-state index is 0.703. The summed E-state index contributed by atoms with van der Waals surface area (Å²) in [4.78, 5) is 8.85. The average molecular weight is 248 g/mol. The third-order valence-corrected chi connectivity index (χ3v) is 3.97. The van der Waals surface area contributed by atoms with Crippen LogP contribution in [0.2, 0.25) is 0 Å². The zero-order chi connectivity index (χ0) is 11.0. The van der Waals surface area contributed by atoms with Gasteiger partial charge in [0.25, 0.3) is 0 Å². The highest BCUT2D eigenvalue weighted by molar-refractivity contribution is 7.22. The second-order valence-corrected chi connectivity index (χ2v) is 5.06. The predicted octanol–water partition coefficient (Wildman–Crippen LogP) is 2.71. The molecule has 2 aromatic heterocycles. The molecule has 4 nitrogen and oxygen atoms in total. The molecule has 1 aromatic carbocycles. The first-order valence-corrected chi connectivity index (χ1v) is 6.34. The van der Waals surface area contributed by atoms with E-state index in [4.69, 9.17) is 5.84 Å². The van der Waals surface area contributed by atoms with Gasteiger partial charge in [0.15, 0.2) is 5.13 Å². The molecule has 3 N–H and O–H groups in total. The molecule has 0 fully saturated rings. The van der Waals surface area contributed by atoms with Crippen LogP contribution in [0.3, 0.4) is 0 Å². The van der Waals surface area contributed by atoms with E-state index in [1.807, 2.05) is 23.6 Å². The number of fused-ring (bicyclic) bond motifs is 1. The van der Waals surface area contributed by atoms with E-state index in [1.54, 1.807) is 11.3 Å². The number of nitrogens with two attached hydrogens (primary N) is 1. The Kier molecular flexibility index (Phi) is 2.32. The summed E-state index contributed by atoms with van der Waals surface area (Å²) in [6.45, 7) is 0. The van der Waals surface area contributed by atoms with Gasteiger partial charge in [-0.3, -0.25) is 5.43 Å². The van der Waals surface area contributed by atoms with Crippen molar-refractivity contribution in [3.05, 3.63) is 29.6 Å². The van der Waals surface area contributed by atoms with Crippen LogP contribution in [0.25, 0.3) is 20.9 Å². The number of thiazole rings is 2. The Morgan fingerprint density at radius 2 is 2.06 bits per heavy atom. The van der Waals surface area contributed by atoms with E-state index in [9.17, 15) is 0 Å². The maximum absolute atomic E-state index is 5.30. The van der Waals surface area contributed by atoms with Crippen LogP contribution in [0.15, 0.2) is 29.6 Å². The van der Waals surface area contributed by atoms with Crippen LogP contribution in [-0.2, 0) is 0 Å². The van der Waals surface area contributed by atoms with Crippen molar-refractivity contribution in [1.82, 2.24) is 9.97 Å². The van der Waals surface area contributed by atoms with Crippen LogP contribution < -0.4 is 11.3 Å². The smallest absolute Gasteiger partial charge is 0.197 e. The third-order valence-electron chi connectivity index (χ3n) is 2.14. The number of hydrogen-bond donors (Lipinski definition) is 2. The fraction of sp³-hybridized carbons (Fsp3) is 0. The first kappa shape index (κ1) is 9.71. The molecule has 0 aliphatic heterocycles. The zero-order valence-corrected chi connectivity index (χ0v) is 9.81. The Balaban J connectivity index is 2.11. The molecule has 6 heteroatoms. The van der Waals surface area contributed by atoms with E-state index in [0.29, 0.717) is 5.13 Å². The van der Waals surface area contributed by atoms with Gasteiger partial charge in [-0.25, -0.2) is 15.8 Å². The lowest BCUT2D eigenvalue weighted by Gasteiger charge is -1.88. The molecule has 0 bridgehead atoms. The molecule has 0 saturated carbocycles. The molecule has 3 aromatic rings. The number of nitrogen functional groups attached to an aromatic ring is 1. The average Bonchev–Trinajstić information content (AvgIpc) is 2.95. The molecule has 0 aliphatic rings. The molecule has 80 valence electrons. The van der Waals surface area contributed by atoms with Gasteiger partial charge in [0, 0.05) is 5.38 Å². The molecule has 3 rings (SSSR count). The highest BCUT2D eigenvalue weighted by atomic mass is 32.1. The van der Waals surface area contributed by atoms with Crippen molar-refractivity contribution in [2.24, 2.45) is 5.84 Å². The summed E-state index contributed by atoms with van der Waals surface area (Å²) in [6.07, 6.45) is 0. The highest BCUT2D eigenvalue weighted by Crippen LogP contribution is 2.31. The second kappa shape index (κ2) is 3.82. The van der Waals surface area contributed by atoms with Crippen LogP contribution in [0.5, 0.6) is 0 Å². The third kappa shape index (κ3) is 1.57. The summed E-state index contributed by atoms with van der Waals surface area (Å²) in [5, 5.41) is 3.58. The monoisotopic (exact) mass is 248 g/mol. The van der Waals surface area contributed by atoms with Gasteiger partial charge >= 0.3 is 0 Å². The van der Waals surface area contributed by atoms with E-state index in [-0.39, 0.29) is 0 Å². The van der Waals surface area contributed by atoms with Gasteiger partial charge in [-0.05, 0) is 12.1 Å². The Labute approximate surface area is 99.8 Å². The van der Waals surface area contributed by atoms with Crippen LogP contribution in [0.4, 0.5) is 5.13 Å². The number of rotatable bonds is 2. The first-order chi connectivity index (χ1) is 7.86. The van der Waals surface area contributed by atoms with E-state index in [0.717, 1.165) is 16.2 Å². The number of para-hydroxylation sites is 1. The molecule has 0 amide bonds. The van der Waals surface area contributed by atoms with Crippen molar-refractivity contribution in [2.45, 2.75) is 0 Å². The number of hydrogen-bond acceptors (Lipinski definition) is 6. The molecule has 0 radical (unpaired) electrons. The maximum atomic E-state index is 5.30. The summed E-state index contributed by atoms with van der Waals surface area (Å²) in [5.41, 5.74) is 4.42. The summed E-state index contributed by atoms with van der Waals surface area (Å²) in [6, 6.07) is 8.06. The van der Waals surface area contributed by atoms with Crippen LogP contribution in [0.1, 0.15) is 0 Å². The van der Waals surface area contributed by atoms with Crippen molar-refractivity contribution in [3.63, 3.8) is 0 Å². The fourth-order valence-corrected chi connectivity index (χ4v) is 3.03. The minimum absolute atomic E-state index is 0.703. The van der Waals surface area contributed by atoms with Gasteiger partial charge < -0.3 is 0 Å². The molecule has 2 heterocycles. The summed E-state index contributed by atoms with van der Waals surface area (Å²) < 4.78 is 1.17. The number of hydrazine groups is 1. The topological polar surface area (TPSA) is 63.8 Å². The number of aromatic nitrogens is 2. The van der Waals surface area contributed by atoms with Gasteiger partial charge in [0.2, 0.25) is 0 Å². The Hall–Kier alpha value is -1.50. The van der Waals surface area contributed by atoms with E-state index >= 15 is 0 Å². The lowest BCUT2D eigenvalue weighted by atomic mass is 10.3. The molecule has 0 spiro atoms. The molecule has 0 unspecified atom stereocenters. The first-order valence-electron chi connectivity index (χ1n) is 4.65. The highest BCUT2D eigenvalue weighted by Gasteiger charge is 2.09. The molecule has 0 aliphatic carbocycles. The largest absolute Gasteiger partial charge is 0.300 e. The van der Waals surface area contributed by atoms with Gasteiger partial charge in [-0.2, -0.15) is 0 Å². The standard InChI is InChI=1S/C10H8N4S2/c11-14-10-13-7(5-15-10)9-12-6-3-1-2-4-8(6)16-9/h1-5H,11H2,(H,13,14). The second-order valence-electron chi connectivity index (χ2n) is 3.17. The van der Waals surface area contributed by atoms with Crippen molar-refractivity contribution in [3.8, 4) is 10.7 Å². The maximum Gasteiger partial charge on any atom is 0.197 e. The van der Waals surface area contributed by atoms with E-state index in [1.165, 1.54) is 16.0 Å². The number of anilines is 1. The summed E-state index contributed by atoms with van der Waals surface area (Å²) >= 11 is 3.11. The number of nitrogens with one attached hydrogen (secondary N) is 1. The number of nitrogens with zero attached hydrogens (tertiary/aromatic N) is 2. The van der Waals surface area contributed by atoms with Gasteiger partial charge in [-0.1, -0.05) is 12.1 Å². The van der Waals surface area contributed by atoms with Crippen molar-refractivity contribution in [1.29, 1.82) is 0 Å². The van der Waals surface area contributed by atoms with Crippen molar-refractivity contribution in [2.75, 3.05) is 5.43 Å². The van der Waals surface area contributed by atoms with Crippen LogP contribution in [0, 0.1) is 0 Å². The molecular formula is C10H8N4S2. The lowest BCUT2D eigenvalue weighted by Crippen LogP contribution is -2.05. The van der Waals surface area contributed by atoms with Crippen molar-refractivity contribution >= 4 is 38.0 Å². The molecule has 0 saturated heterocycles. The molecular weight excluding hydrogens is 240 g/mol. The van der Waals surface area contributed by atoms with E-state index < -0.39 is 0 Å². The predicted molar refractivity (Wildman–Crippen MR) is 68.5 cm³/mol.